The molecule has 6 nitrogen and oxygen atoms in total. The van der Waals surface area contributed by atoms with E-state index in [-0.39, 0.29) is 23.9 Å². The molecule has 29 heavy (non-hydrogen) atoms. The van der Waals surface area contributed by atoms with Gasteiger partial charge in [-0.1, -0.05) is 42.3 Å². The van der Waals surface area contributed by atoms with E-state index in [1.54, 1.807) is 12.1 Å². The number of para-hydroxylation sites is 1. The summed E-state index contributed by atoms with van der Waals surface area (Å²) in [5.41, 5.74) is 7.69. The third-order valence-electron chi connectivity index (χ3n) is 5.23. The van der Waals surface area contributed by atoms with E-state index in [0.717, 1.165) is 31.2 Å². The fourth-order valence-electron chi connectivity index (χ4n) is 3.60. The molecule has 1 saturated carbocycles. The number of anilines is 1. The lowest BCUT2D eigenvalue weighted by atomic mass is 9.98. The minimum Gasteiger partial charge on any atom is -0.334 e. The van der Waals surface area contributed by atoms with Crippen LogP contribution in [-0.4, -0.2) is 16.0 Å². The van der Waals surface area contributed by atoms with Crippen molar-refractivity contribution in [2.75, 3.05) is 5.32 Å². The zero-order valence-electron chi connectivity index (χ0n) is 15.9. The highest BCUT2D eigenvalue weighted by molar-refractivity contribution is 6.06. The molecule has 3 N–H and O–H groups in total. The second-order valence-corrected chi connectivity index (χ2v) is 7.22. The molecule has 152 valence electrons. The summed E-state index contributed by atoms with van der Waals surface area (Å²) in [5, 5.41) is 6.87. The van der Waals surface area contributed by atoms with Crippen molar-refractivity contribution in [3.63, 3.8) is 0 Å². The molecule has 0 radical (unpaired) electrons. The van der Waals surface area contributed by atoms with Crippen LogP contribution in [0.15, 0.2) is 47.0 Å². The number of amides is 1. The molecular formula is C21H22ClFN4O2. The number of hydrogen-bond donors (Lipinski definition) is 2. The lowest BCUT2D eigenvalue weighted by Gasteiger charge is -2.17. The highest BCUT2D eigenvalue weighted by Crippen LogP contribution is 2.37. The molecule has 1 fully saturated rings. The molecule has 0 unspecified atom stereocenters. The van der Waals surface area contributed by atoms with Gasteiger partial charge in [0.1, 0.15) is 5.82 Å². The van der Waals surface area contributed by atoms with Crippen LogP contribution in [0.1, 0.15) is 47.4 Å². The van der Waals surface area contributed by atoms with Crippen molar-refractivity contribution in [2.24, 2.45) is 5.73 Å². The van der Waals surface area contributed by atoms with Gasteiger partial charge in [0.25, 0.3) is 11.8 Å². The summed E-state index contributed by atoms with van der Waals surface area (Å²) >= 11 is 0. The molecule has 0 spiro atoms. The van der Waals surface area contributed by atoms with Crippen molar-refractivity contribution in [1.82, 2.24) is 10.1 Å². The summed E-state index contributed by atoms with van der Waals surface area (Å²) in [4.78, 5) is 17.1. The van der Waals surface area contributed by atoms with E-state index in [2.05, 4.69) is 15.5 Å². The maximum absolute atomic E-state index is 14.0. The minimum atomic E-state index is -0.582. The van der Waals surface area contributed by atoms with Gasteiger partial charge < -0.3 is 15.6 Å². The number of nitrogens with two attached hydrogens (primary N) is 1. The normalized spacial score (nSPS) is 15.0. The second kappa shape index (κ2) is 8.31. The van der Waals surface area contributed by atoms with Crippen molar-refractivity contribution in [1.29, 1.82) is 0 Å². The SMILES string of the molecule is Cc1cccc(-c2nc(C3(N)CCCC3)no2)c1NC(=O)c1ccccc1F.Cl. The van der Waals surface area contributed by atoms with Crippen LogP contribution < -0.4 is 11.1 Å². The van der Waals surface area contributed by atoms with Gasteiger partial charge in [-0.15, -0.1) is 12.4 Å². The van der Waals surface area contributed by atoms with E-state index in [4.69, 9.17) is 10.3 Å². The molecule has 1 aromatic heterocycles. The standard InChI is InChI=1S/C21H21FN4O2.ClH/c1-13-7-6-9-15(17(13)24-18(27)14-8-2-3-10-16(14)22)19-25-20(26-28-19)21(23)11-4-5-12-21;/h2-3,6-10H,4-5,11-12,23H2,1H3,(H,24,27);1H. The summed E-state index contributed by atoms with van der Waals surface area (Å²) in [6.07, 6.45) is 3.71. The molecule has 0 aliphatic heterocycles. The first kappa shape index (κ1) is 21.0. The first-order chi connectivity index (χ1) is 13.5. The molecule has 0 saturated heterocycles. The van der Waals surface area contributed by atoms with Gasteiger partial charge in [-0.25, -0.2) is 4.39 Å². The van der Waals surface area contributed by atoms with Crippen LogP contribution in [-0.2, 0) is 5.54 Å². The molecule has 1 aliphatic carbocycles. The molecule has 0 atom stereocenters. The number of nitrogens with one attached hydrogen (secondary N) is 1. The van der Waals surface area contributed by atoms with Crippen molar-refractivity contribution in [2.45, 2.75) is 38.1 Å². The van der Waals surface area contributed by atoms with Gasteiger partial charge in [-0.05, 0) is 43.5 Å². The van der Waals surface area contributed by atoms with E-state index in [9.17, 15) is 9.18 Å². The second-order valence-electron chi connectivity index (χ2n) is 7.22. The minimum absolute atomic E-state index is 0. The first-order valence-electron chi connectivity index (χ1n) is 9.27. The lowest BCUT2D eigenvalue weighted by Crippen LogP contribution is -2.34. The van der Waals surface area contributed by atoms with E-state index in [1.165, 1.54) is 18.2 Å². The molecule has 2 aromatic carbocycles. The van der Waals surface area contributed by atoms with E-state index in [1.807, 2.05) is 19.1 Å². The topological polar surface area (TPSA) is 94.0 Å². The third-order valence-corrected chi connectivity index (χ3v) is 5.23. The molecule has 1 heterocycles. The maximum atomic E-state index is 14.0. The van der Waals surface area contributed by atoms with Crippen LogP contribution in [0.3, 0.4) is 0 Å². The van der Waals surface area contributed by atoms with Crippen LogP contribution in [0.25, 0.3) is 11.5 Å². The Labute approximate surface area is 174 Å². The Kier molecular flexibility index (Phi) is 6.00. The number of benzene rings is 2. The molecule has 3 aromatic rings. The highest BCUT2D eigenvalue weighted by atomic mass is 35.5. The predicted octanol–water partition coefficient (Wildman–Crippen LogP) is 4.59. The molecule has 1 amide bonds. The Balaban J connectivity index is 0.00000240. The third kappa shape index (κ3) is 4.02. The van der Waals surface area contributed by atoms with Gasteiger partial charge in [0.15, 0.2) is 5.82 Å². The smallest absolute Gasteiger partial charge is 0.260 e. The summed E-state index contributed by atoms with van der Waals surface area (Å²) < 4.78 is 19.4. The predicted molar refractivity (Wildman–Crippen MR) is 110 cm³/mol. The van der Waals surface area contributed by atoms with Crippen LogP contribution in [0.5, 0.6) is 0 Å². The number of carbonyl (C=O) groups excluding carboxylic acids is 1. The van der Waals surface area contributed by atoms with Crippen molar-refractivity contribution < 1.29 is 13.7 Å². The highest BCUT2D eigenvalue weighted by Gasteiger charge is 2.36. The van der Waals surface area contributed by atoms with E-state index < -0.39 is 17.3 Å². The average molecular weight is 417 g/mol. The van der Waals surface area contributed by atoms with Crippen LogP contribution in [0, 0.1) is 12.7 Å². The molecule has 4 rings (SSSR count). The monoisotopic (exact) mass is 416 g/mol. The van der Waals surface area contributed by atoms with Gasteiger partial charge in [-0.2, -0.15) is 4.98 Å². The summed E-state index contributed by atoms with van der Waals surface area (Å²) in [6, 6.07) is 11.3. The average Bonchev–Trinajstić information content (AvgIpc) is 3.34. The van der Waals surface area contributed by atoms with E-state index in [0.29, 0.717) is 17.1 Å². The fraction of sp³-hybridized carbons (Fsp3) is 0.286. The fourth-order valence-corrected chi connectivity index (χ4v) is 3.60. The Bertz CT molecular complexity index is 1030. The molecular weight excluding hydrogens is 395 g/mol. The molecule has 8 heteroatoms. The summed E-state index contributed by atoms with van der Waals surface area (Å²) in [5.74, 6) is -0.367. The lowest BCUT2D eigenvalue weighted by molar-refractivity contribution is 0.102. The van der Waals surface area contributed by atoms with Crippen LogP contribution >= 0.6 is 12.4 Å². The van der Waals surface area contributed by atoms with E-state index >= 15 is 0 Å². The number of nitrogens with zero attached hydrogens (tertiary/aromatic N) is 2. The van der Waals surface area contributed by atoms with Gasteiger partial charge in [0.2, 0.25) is 0 Å². The quantitative estimate of drug-likeness (QED) is 0.648. The molecule has 1 aliphatic rings. The molecule has 0 bridgehead atoms. The Morgan fingerprint density at radius 3 is 2.62 bits per heavy atom. The summed E-state index contributed by atoms with van der Waals surface area (Å²) in [6.45, 7) is 1.85. The summed E-state index contributed by atoms with van der Waals surface area (Å²) in [7, 11) is 0. The Hall–Kier alpha value is -2.77. The zero-order chi connectivity index (χ0) is 19.7. The number of aromatic nitrogens is 2. The maximum Gasteiger partial charge on any atom is 0.260 e. The van der Waals surface area contributed by atoms with Crippen molar-refractivity contribution >= 4 is 24.0 Å². The van der Waals surface area contributed by atoms with Crippen LogP contribution in [0.4, 0.5) is 10.1 Å². The van der Waals surface area contributed by atoms with Gasteiger partial charge in [0, 0.05) is 0 Å². The number of halogens is 2. The van der Waals surface area contributed by atoms with Gasteiger partial charge in [-0.3, -0.25) is 4.79 Å². The number of hydrogen-bond acceptors (Lipinski definition) is 5. The zero-order valence-corrected chi connectivity index (χ0v) is 16.8. The van der Waals surface area contributed by atoms with Gasteiger partial charge in [0.05, 0.1) is 22.4 Å². The first-order valence-corrected chi connectivity index (χ1v) is 9.27. The van der Waals surface area contributed by atoms with Crippen molar-refractivity contribution in [3.8, 4) is 11.5 Å². The Morgan fingerprint density at radius 1 is 1.17 bits per heavy atom. The largest absolute Gasteiger partial charge is 0.334 e. The van der Waals surface area contributed by atoms with Gasteiger partial charge >= 0.3 is 0 Å². The van der Waals surface area contributed by atoms with Crippen molar-refractivity contribution in [3.05, 3.63) is 65.2 Å². The Morgan fingerprint density at radius 2 is 1.90 bits per heavy atom. The number of rotatable bonds is 4. The number of aryl methyl sites for hydroxylation is 1. The van der Waals surface area contributed by atoms with Crippen LogP contribution in [0.2, 0.25) is 0 Å². The number of carbonyl (C=O) groups is 1.